The maximum Gasteiger partial charge on any atom is 0.325 e. The van der Waals surface area contributed by atoms with Crippen LogP contribution in [0.15, 0.2) is 48.5 Å². The summed E-state index contributed by atoms with van der Waals surface area (Å²) in [6, 6.07) is 14.1. The molecule has 0 aromatic heterocycles. The highest BCUT2D eigenvalue weighted by atomic mass is 16.6. The minimum absolute atomic E-state index is 0.0901. The summed E-state index contributed by atoms with van der Waals surface area (Å²) in [5.74, 6) is 0.357. The van der Waals surface area contributed by atoms with Gasteiger partial charge in [-0.05, 0) is 44.0 Å². The van der Waals surface area contributed by atoms with E-state index in [4.69, 9.17) is 9.47 Å². The second-order valence-corrected chi connectivity index (χ2v) is 8.41. The lowest BCUT2D eigenvalue weighted by molar-refractivity contribution is -0.140. The molecule has 1 unspecified atom stereocenters. The number of benzene rings is 2. The molecule has 8 heteroatoms. The molecule has 0 spiro atoms. The number of ether oxygens (including phenoxy) is 2. The average molecular weight is 437 g/mol. The zero-order valence-corrected chi connectivity index (χ0v) is 18.5. The maximum atomic E-state index is 13.3. The average Bonchev–Trinajstić information content (AvgIpc) is 3.01. The van der Waals surface area contributed by atoms with Crippen LogP contribution in [-0.2, 0) is 21.7 Å². The van der Waals surface area contributed by atoms with Crippen molar-refractivity contribution >= 4 is 17.8 Å². The fourth-order valence-corrected chi connectivity index (χ4v) is 3.96. The van der Waals surface area contributed by atoms with E-state index in [9.17, 15) is 14.4 Å². The summed E-state index contributed by atoms with van der Waals surface area (Å²) in [5.41, 5.74) is 0.253. The summed E-state index contributed by atoms with van der Waals surface area (Å²) < 4.78 is 11.1. The van der Waals surface area contributed by atoms with Crippen LogP contribution in [-0.4, -0.2) is 53.4 Å². The largest absolute Gasteiger partial charge is 0.486 e. The second kappa shape index (κ2) is 8.53. The lowest BCUT2D eigenvalue weighted by Crippen LogP contribution is -2.46. The van der Waals surface area contributed by atoms with Gasteiger partial charge in [-0.15, -0.1) is 0 Å². The van der Waals surface area contributed by atoms with E-state index in [-0.39, 0.29) is 18.5 Å². The predicted molar refractivity (Wildman–Crippen MR) is 117 cm³/mol. The van der Waals surface area contributed by atoms with E-state index in [1.165, 1.54) is 0 Å². The zero-order valence-electron chi connectivity index (χ0n) is 18.5. The number of nitrogens with one attached hydrogen (secondary N) is 1. The molecule has 0 aliphatic carbocycles. The number of fused-ring (bicyclic) bond motifs is 1. The first-order chi connectivity index (χ1) is 15.3. The maximum absolute atomic E-state index is 13.3. The van der Waals surface area contributed by atoms with Crippen LogP contribution in [0.3, 0.4) is 0 Å². The fourth-order valence-electron chi connectivity index (χ4n) is 3.96. The van der Waals surface area contributed by atoms with Crippen molar-refractivity contribution in [3.05, 3.63) is 59.7 Å². The molecular weight excluding hydrogens is 410 g/mol. The van der Waals surface area contributed by atoms with Gasteiger partial charge >= 0.3 is 6.03 Å². The molecule has 1 atom stereocenters. The third-order valence-electron chi connectivity index (χ3n) is 5.83. The lowest BCUT2D eigenvalue weighted by atomic mass is 9.91. The number of urea groups is 1. The number of carbonyl (C=O) groups excluding carboxylic acids is 3. The van der Waals surface area contributed by atoms with Crippen LogP contribution < -0.4 is 14.8 Å². The van der Waals surface area contributed by atoms with E-state index >= 15 is 0 Å². The normalized spacial score (nSPS) is 19.8. The quantitative estimate of drug-likeness (QED) is 0.702. The molecule has 2 aliphatic rings. The smallest absolute Gasteiger partial charge is 0.325 e. The van der Waals surface area contributed by atoms with E-state index in [1.807, 2.05) is 44.2 Å². The Morgan fingerprint density at radius 1 is 1.09 bits per heavy atom. The first-order valence-electron chi connectivity index (χ1n) is 10.7. The molecule has 1 N–H and O–H groups in total. The lowest BCUT2D eigenvalue weighted by Gasteiger charge is -2.29. The van der Waals surface area contributed by atoms with Crippen molar-refractivity contribution in [2.45, 2.75) is 38.9 Å². The Labute approximate surface area is 187 Å². The molecule has 2 aromatic rings. The van der Waals surface area contributed by atoms with Gasteiger partial charge in [0.15, 0.2) is 11.5 Å². The van der Waals surface area contributed by atoms with Gasteiger partial charge < -0.3 is 19.7 Å². The van der Waals surface area contributed by atoms with E-state index in [0.29, 0.717) is 36.8 Å². The van der Waals surface area contributed by atoms with E-state index in [0.717, 1.165) is 10.5 Å². The van der Waals surface area contributed by atoms with Crippen molar-refractivity contribution in [2.24, 2.45) is 0 Å². The van der Waals surface area contributed by atoms with Gasteiger partial charge in [0.05, 0.1) is 0 Å². The highest BCUT2D eigenvalue weighted by molar-refractivity contribution is 6.09. The van der Waals surface area contributed by atoms with Gasteiger partial charge in [-0.1, -0.05) is 36.4 Å². The Hall–Kier alpha value is -3.55. The number of amides is 4. The van der Waals surface area contributed by atoms with Gasteiger partial charge in [0, 0.05) is 12.6 Å². The van der Waals surface area contributed by atoms with Gasteiger partial charge in [0.25, 0.3) is 5.91 Å². The van der Waals surface area contributed by atoms with Crippen LogP contribution in [0.5, 0.6) is 11.5 Å². The molecule has 2 aliphatic heterocycles. The molecule has 168 valence electrons. The third kappa shape index (κ3) is 4.00. The van der Waals surface area contributed by atoms with E-state index < -0.39 is 17.5 Å². The summed E-state index contributed by atoms with van der Waals surface area (Å²) >= 11 is 0. The number of nitrogens with zero attached hydrogens (tertiary/aromatic N) is 2. The van der Waals surface area contributed by atoms with Crippen LogP contribution >= 0.6 is 0 Å². The molecule has 0 bridgehead atoms. The van der Waals surface area contributed by atoms with Crippen molar-refractivity contribution in [3.8, 4) is 11.5 Å². The van der Waals surface area contributed by atoms with Crippen LogP contribution in [0.4, 0.5) is 4.79 Å². The number of hydrogen-bond donors (Lipinski definition) is 1. The minimum Gasteiger partial charge on any atom is -0.486 e. The molecule has 2 aromatic carbocycles. The van der Waals surface area contributed by atoms with Crippen LogP contribution in [0.2, 0.25) is 0 Å². The van der Waals surface area contributed by atoms with Crippen LogP contribution in [0, 0.1) is 0 Å². The van der Waals surface area contributed by atoms with Gasteiger partial charge in [-0.3, -0.25) is 14.5 Å². The number of carbonyl (C=O) groups is 3. The van der Waals surface area contributed by atoms with E-state index in [2.05, 4.69) is 5.32 Å². The topological polar surface area (TPSA) is 88.2 Å². The minimum atomic E-state index is -1.30. The van der Waals surface area contributed by atoms with Gasteiger partial charge in [0.1, 0.15) is 25.3 Å². The molecule has 1 saturated heterocycles. The second-order valence-electron chi connectivity index (χ2n) is 8.41. The van der Waals surface area contributed by atoms with E-state index in [1.54, 1.807) is 30.0 Å². The molecule has 4 amide bonds. The van der Waals surface area contributed by atoms with Crippen LogP contribution in [0.25, 0.3) is 0 Å². The molecule has 0 radical (unpaired) electrons. The summed E-state index contributed by atoms with van der Waals surface area (Å²) in [4.78, 5) is 41.7. The van der Waals surface area contributed by atoms with Crippen molar-refractivity contribution in [1.82, 2.24) is 15.1 Å². The predicted octanol–water partition coefficient (Wildman–Crippen LogP) is 2.66. The zero-order chi connectivity index (χ0) is 22.9. The third-order valence-corrected chi connectivity index (χ3v) is 5.83. The number of hydrogen-bond acceptors (Lipinski definition) is 5. The van der Waals surface area contributed by atoms with Crippen molar-refractivity contribution in [1.29, 1.82) is 0 Å². The Kier molecular flexibility index (Phi) is 5.78. The van der Waals surface area contributed by atoms with Gasteiger partial charge in [0.2, 0.25) is 5.91 Å². The highest BCUT2D eigenvalue weighted by Crippen LogP contribution is 2.36. The molecule has 2 heterocycles. The van der Waals surface area contributed by atoms with Gasteiger partial charge in [-0.2, -0.15) is 0 Å². The highest BCUT2D eigenvalue weighted by Gasteiger charge is 2.50. The van der Waals surface area contributed by atoms with Crippen molar-refractivity contribution in [3.63, 3.8) is 0 Å². The SMILES string of the molecule is CC(C)N(Cc1ccccc1)C(=O)CN1C(=O)NC(C)(c2ccc3c(c2)OCCO3)C1=O. The number of rotatable bonds is 6. The summed E-state index contributed by atoms with van der Waals surface area (Å²) in [6.07, 6.45) is 0. The molecule has 4 rings (SSSR count). The fraction of sp³-hybridized carbons (Fsp3) is 0.375. The van der Waals surface area contributed by atoms with Crippen LogP contribution in [0.1, 0.15) is 31.9 Å². The molecule has 1 fully saturated rings. The molecule has 0 saturated carbocycles. The Balaban J connectivity index is 1.52. The van der Waals surface area contributed by atoms with Gasteiger partial charge in [-0.25, -0.2) is 4.79 Å². The number of imide groups is 1. The van der Waals surface area contributed by atoms with Crippen molar-refractivity contribution in [2.75, 3.05) is 19.8 Å². The Morgan fingerprint density at radius 2 is 1.78 bits per heavy atom. The summed E-state index contributed by atoms with van der Waals surface area (Å²) in [6.45, 7) is 6.41. The Morgan fingerprint density at radius 3 is 2.47 bits per heavy atom. The summed E-state index contributed by atoms with van der Waals surface area (Å²) in [5, 5.41) is 2.75. The van der Waals surface area contributed by atoms with Crippen molar-refractivity contribution < 1.29 is 23.9 Å². The summed E-state index contributed by atoms with van der Waals surface area (Å²) in [7, 11) is 0. The Bertz CT molecular complexity index is 1040. The first-order valence-corrected chi connectivity index (χ1v) is 10.7. The monoisotopic (exact) mass is 437 g/mol. The molecule has 8 nitrogen and oxygen atoms in total. The standard InChI is InChI=1S/C24H27N3O5/c1-16(2)26(14-17-7-5-4-6-8-17)21(28)15-27-22(29)24(3,25-23(27)30)18-9-10-19-20(13-18)32-12-11-31-19/h4-10,13,16H,11-12,14-15H2,1-3H3,(H,25,30). The molecule has 32 heavy (non-hydrogen) atoms. The first kappa shape index (κ1) is 21.7. The molecular formula is C24H27N3O5.